The summed E-state index contributed by atoms with van der Waals surface area (Å²) in [6.07, 6.45) is 7.33. The molecule has 0 amide bonds. The highest BCUT2D eigenvalue weighted by Gasteiger charge is 2.23. The molecular weight excluding hydrogens is 309 g/mol. The van der Waals surface area contributed by atoms with Gasteiger partial charge < -0.3 is 0 Å². The van der Waals surface area contributed by atoms with Crippen LogP contribution in [0.25, 0.3) is 6.08 Å². The number of halogens is 3. The Kier molecular flexibility index (Phi) is 5.08. The molecule has 0 aliphatic heterocycles. The average Bonchev–Trinajstić information content (AvgIpc) is 2.57. The van der Waals surface area contributed by atoms with Crippen LogP contribution >= 0.6 is 0 Å². The van der Waals surface area contributed by atoms with Crippen LogP contribution in [0.1, 0.15) is 48.3 Å². The molecule has 0 spiro atoms. The summed E-state index contributed by atoms with van der Waals surface area (Å²) in [7, 11) is 0. The minimum Gasteiger partial charge on any atom is -0.207 e. The molecule has 126 valence electrons. The maximum atomic E-state index is 14.1. The van der Waals surface area contributed by atoms with E-state index in [2.05, 4.69) is 0 Å². The molecule has 0 atom stereocenters. The van der Waals surface area contributed by atoms with Crippen molar-refractivity contribution in [2.75, 3.05) is 0 Å². The highest BCUT2D eigenvalue weighted by Crippen LogP contribution is 2.37. The fourth-order valence-corrected chi connectivity index (χ4v) is 3.47. The summed E-state index contributed by atoms with van der Waals surface area (Å²) in [6, 6.07) is 9.64. The maximum absolute atomic E-state index is 14.1. The zero-order valence-electron chi connectivity index (χ0n) is 13.7. The first-order valence-electron chi connectivity index (χ1n) is 8.43. The van der Waals surface area contributed by atoms with E-state index in [1.165, 1.54) is 6.07 Å². The van der Waals surface area contributed by atoms with Crippen LogP contribution in [-0.2, 0) is 0 Å². The Morgan fingerprint density at radius 1 is 0.917 bits per heavy atom. The summed E-state index contributed by atoms with van der Waals surface area (Å²) in [5, 5.41) is 0. The first-order valence-corrected chi connectivity index (χ1v) is 8.43. The number of hydrogen-bond acceptors (Lipinski definition) is 0. The van der Waals surface area contributed by atoms with Gasteiger partial charge in [0.15, 0.2) is 11.6 Å². The second-order valence-corrected chi connectivity index (χ2v) is 6.64. The minimum absolute atomic E-state index is 0.115. The fourth-order valence-electron chi connectivity index (χ4n) is 3.47. The number of allylic oxidation sites excluding steroid dienone is 1. The van der Waals surface area contributed by atoms with E-state index in [0.29, 0.717) is 5.92 Å². The van der Waals surface area contributed by atoms with E-state index in [0.717, 1.165) is 42.9 Å². The van der Waals surface area contributed by atoms with Gasteiger partial charge in [-0.1, -0.05) is 36.4 Å². The highest BCUT2D eigenvalue weighted by molar-refractivity contribution is 5.50. The van der Waals surface area contributed by atoms with Gasteiger partial charge >= 0.3 is 0 Å². The molecule has 3 heteroatoms. The van der Waals surface area contributed by atoms with Crippen molar-refractivity contribution in [3.63, 3.8) is 0 Å². The van der Waals surface area contributed by atoms with Crippen LogP contribution in [0.4, 0.5) is 13.2 Å². The summed E-state index contributed by atoms with van der Waals surface area (Å²) in [4.78, 5) is 0. The molecule has 0 radical (unpaired) electrons. The first-order chi connectivity index (χ1) is 11.5. The van der Waals surface area contributed by atoms with Crippen LogP contribution in [0, 0.1) is 30.3 Å². The Morgan fingerprint density at radius 3 is 2.38 bits per heavy atom. The number of aryl methyl sites for hydroxylation is 1. The summed E-state index contributed by atoms with van der Waals surface area (Å²) in [5.74, 6) is -1.16. The quantitative estimate of drug-likeness (QED) is 0.611. The van der Waals surface area contributed by atoms with Gasteiger partial charge in [-0.2, -0.15) is 0 Å². The van der Waals surface area contributed by atoms with E-state index in [1.54, 1.807) is 18.2 Å². The van der Waals surface area contributed by atoms with Gasteiger partial charge in [-0.05, 0) is 67.7 Å². The summed E-state index contributed by atoms with van der Waals surface area (Å²) < 4.78 is 40.9. The second-order valence-electron chi connectivity index (χ2n) is 6.64. The smallest absolute Gasteiger partial charge is 0.166 e. The molecular formula is C21H21F3. The van der Waals surface area contributed by atoms with Gasteiger partial charge in [-0.25, -0.2) is 13.2 Å². The molecule has 0 aromatic heterocycles. The lowest BCUT2D eigenvalue weighted by Crippen LogP contribution is -2.13. The second kappa shape index (κ2) is 7.25. The Balaban J connectivity index is 1.63. The lowest BCUT2D eigenvalue weighted by Gasteiger charge is -2.27. The number of hydrogen-bond donors (Lipinski definition) is 0. The van der Waals surface area contributed by atoms with Crippen molar-refractivity contribution < 1.29 is 13.2 Å². The van der Waals surface area contributed by atoms with E-state index in [-0.39, 0.29) is 17.3 Å². The van der Waals surface area contributed by atoms with Crippen molar-refractivity contribution >= 4 is 6.08 Å². The van der Waals surface area contributed by atoms with Gasteiger partial charge in [0, 0.05) is 5.56 Å². The maximum Gasteiger partial charge on any atom is 0.166 e. The van der Waals surface area contributed by atoms with Gasteiger partial charge in [0.25, 0.3) is 0 Å². The molecule has 1 aliphatic carbocycles. The standard InChI is InChI=1S/C21H21F3/c1-14-5-12-18(20(23)13-14)16-9-6-15(7-10-16)8-11-17-3-2-4-19(22)21(17)24/h2-5,8,11-13,15-16H,6-7,9-10H2,1H3. The molecule has 3 rings (SSSR count). The van der Waals surface area contributed by atoms with Crippen LogP contribution in [0.2, 0.25) is 0 Å². The molecule has 0 unspecified atom stereocenters. The molecule has 2 aromatic carbocycles. The molecule has 0 heterocycles. The lowest BCUT2D eigenvalue weighted by atomic mass is 9.78. The van der Waals surface area contributed by atoms with Gasteiger partial charge in [-0.15, -0.1) is 0 Å². The Hall–Kier alpha value is -2.03. The van der Waals surface area contributed by atoms with Gasteiger partial charge in [-0.3, -0.25) is 0 Å². The van der Waals surface area contributed by atoms with E-state index in [1.807, 2.05) is 25.1 Å². The molecule has 0 nitrogen and oxygen atoms in total. The molecule has 0 N–H and O–H groups in total. The fraction of sp³-hybridized carbons (Fsp3) is 0.333. The normalized spacial score (nSPS) is 21.3. The Bertz CT molecular complexity index is 741. The summed E-state index contributed by atoms with van der Waals surface area (Å²) >= 11 is 0. The van der Waals surface area contributed by atoms with Crippen LogP contribution in [-0.4, -0.2) is 0 Å². The third-order valence-corrected chi connectivity index (χ3v) is 4.90. The Labute approximate surface area is 141 Å². The zero-order chi connectivity index (χ0) is 17.1. The zero-order valence-corrected chi connectivity index (χ0v) is 13.7. The predicted molar refractivity (Wildman–Crippen MR) is 91.2 cm³/mol. The largest absolute Gasteiger partial charge is 0.207 e. The van der Waals surface area contributed by atoms with Crippen molar-refractivity contribution in [1.82, 2.24) is 0 Å². The van der Waals surface area contributed by atoms with Gasteiger partial charge in [0.2, 0.25) is 0 Å². The van der Waals surface area contributed by atoms with Gasteiger partial charge in [0.05, 0.1) is 0 Å². The van der Waals surface area contributed by atoms with E-state index in [9.17, 15) is 13.2 Å². The molecule has 0 saturated heterocycles. The molecule has 1 saturated carbocycles. The van der Waals surface area contributed by atoms with Crippen molar-refractivity contribution in [2.45, 2.75) is 38.5 Å². The highest BCUT2D eigenvalue weighted by atomic mass is 19.2. The summed E-state index contributed by atoms with van der Waals surface area (Å²) in [5.41, 5.74) is 2.02. The first kappa shape index (κ1) is 16.8. The van der Waals surface area contributed by atoms with Crippen molar-refractivity contribution in [2.24, 2.45) is 5.92 Å². The molecule has 0 bridgehead atoms. The van der Waals surface area contributed by atoms with E-state index < -0.39 is 11.6 Å². The molecule has 24 heavy (non-hydrogen) atoms. The monoisotopic (exact) mass is 330 g/mol. The molecule has 1 fully saturated rings. The third-order valence-electron chi connectivity index (χ3n) is 4.90. The van der Waals surface area contributed by atoms with Crippen molar-refractivity contribution in [3.05, 3.63) is 76.6 Å². The van der Waals surface area contributed by atoms with Crippen LogP contribution < -0.4 is 0 Å². The molecule has 2 aromatic rings. The molecule has 1 aliphatic rings. The number of benzene rings is 2. The van der Waals surface area contributed by atoms with Crippen LogP contribution in [0.3, 0.4) is 0 Å². The van der Waals surface area contributed by atoms with Crippen LogP contribution in [0.15, 0.2) is 42.5 Å². The van der Waals surface area contributed by atoms with Crippen molar-refractivity contribution in [3.8, 4) is 0 Å². The SMILES string of the molecule is Cc1ccc(C2CCC(C=Cc3cccc(F)c3F)CC2)c(F)c1. The third kappa shape index (κ3) is 3.72. The lowest BCUT2D eigenvalue weighted by molar-refractivity contribution is 0.369. The average molecular weight is 330 g/mol. The van der Waals surface area contributed by atoms with Crippen LogP contribution in [0.5, 0.6) is 0 Å². The van der Waals surface area contributed by atoms with E-state index in [4.69, 9.17) is 0 Å². The Morgan fingerprint density at radius 2 is 1.67 bits per heavy atom. The number of rotatable bonds is 3. The summed E-state index contributed by atoms with van der Waals surface area (Å²) in [6.45, 7) is 1.89. The van der Waals surface area contributed by atoms with Gasteiger partial charge in [0.1, 0.15) is 5.82 Å². The van der Waals surface area contributed by atoms with E-state index >= 15 is 0 Å². The minimum atomic E-state index is -0.823. The topological polar surface area (TPSA) is 0 Å². The predicted octanol–water partition coefficient (Wildman–Crippen LogP) is 6.40. The van der Waals surface area contributed by atoms with Crippen molar-refractivity contribution in [1.29, 1.82) is 0 Å².